The predicted octanol–water partition coefficient (Wildman–Crippen LogP) is 5.25. The first-order valence-electron chi connectivity index (χ1n) is 8.48. The summed E-state index contributed by atoms with van der Waals surface area (Å²) in [5.74, 6) is 1.54. The highest BCUT2D eigenvalue weighted by molar-refractivity contribution is 7.80. The molecule has 1 aliphatic heterocycles. The van der Waals surface area contributed by atoms with Gasteiger partial charge in [0.2, 0.25) is 0 Å². The molecule has 26 heavy (non-hydrogen) atoms. The fraction of sp³-hybridized carbons (Fsp3) is 0.350. The van der Waals surface area contributed by atoms with Gasteiger partial charge < -0.3 is 20.1 Å². The Morgan fingerprint density at radius 1 is 1.27 bits per heavy atom. The van der Waals surface area contributed by atoms with E-state index in [1.54, 1.807) is 13.2 Å². The van der Waals surface area contributed by atoms with E-state index in [0.717, 1.165) is 23.4 Å². The fourth-order valence-electron chi connectivity index (χ4n) is 3.16. The maximum absolute atomic E-state index is 6.18. The normalized spacial score (nSPS) is 17.7. The molecule has 138 valence electrons. The number of nitrogens with one attached hydrogen (secondary N) is 2. The van der Waals surface area contributed by atoms with Crippen molar-refractivity contribution in [2.45, 2.75) is 38.8 Å². The van der Waals surface area contributed by atoms with Crippen molar-refractivity contribution in [2.24, 2.45) is 0 Å². The van der Waals surface area contributed by atoms with Crippen LogP contribution in [0.15, 0.2) is 36.4 Å². The van der Waals surface area contributed by atoms with Crippen LogP contribution in [-0.4, -0.2) is 17.8 Å². The third-order valence-corrected chi connectivity index (χ3v) is 4.86. The third-order valence-electron chi connectivity index (χ3n) is 4.34. The van der Waals surface area contributed by atoms with Gasteiger partial charge >= 0.3 is 0 Å². The second-order valence-corrected chi connectivity index (χ2v) is 7.92. The Balaban J connectivity index is 1.76. The maximum Gasteiger partial charge on any atom is 0.171 e. The predicted molar refractivity (Wildman–Crippen MR) is 111 cm³/mol. The van der Waals surface area contributed by atoms with Gasteiger partial charge in [-0.05, 0) is 62.8 Å². The van der Waals surface area contributed by atoms with Crippen molar-refractivity contribution in [2.75, 3.05) is 12.4 Å². The lowest BCUT2D eigenvalue weighted by atomic mass is 9.89. The molecule has 3 rings (SSSR count). The summed E-state index contributed by atoms with van der Waals surface area (Å²) in [5.41, 5.74) is 2.83. The molecule has 0 amide bonds. The molecule has 0 fully saturated rings. The quantitative estimate of drug-likeness (QED) is 0.701. The second kappa shape index (κ2) is 7.33. The van der Waals surface area contributed by atoms with Gasteiger partial charge in [0.15, 0.2) is 5.11 Å². The number of aryl methyl sites for hydroxylation is 1. The maximum atomic E-state index is 6.18. The Hall–Kier alpha value is -1.98. The SMILES string of the molecule is COc1ccc(NC(=S)N[C@H]2CC(C)(C)Oc3cc(C)ccc32)cc1Cl. The van der Waals surface area contributed by atoms with Gasteiger partial charge in [-0.1, -0.05) is 23.7 Å². The van der Waals surface area contributed by atoms with Gasteiger partial charge in [-0.2, -0.15) is 0 Å². The van der Waals surface area contributed by atoms with Crippen LogP contribution in [0.25, 0.3) is 0 Å². The van der Waals surface area contributed by atoms with Gasteiger partial charge in [0.1, 0.15) is 17.1 Å². The van der Waals surface area contributed by atoms with Crippen LogP contribution in [0.4, 0.5) is 5.69 Å². The van der Waals surface area contributed by atoms with Crippen molar-refractivity contribution in [1.82, 2.24) is 5.32 Å². The van der Waals surface area contributed by atoms with Gasteiger partial charge in [0, 0.05) is 17.7 Å². The number of anilines is 1. The summed E-state index contributed by atoms with van der Waals surface area (Å²) in [6, 6.07) is 11.8. The van der Waals surface area contributed by atoms with E-state index in [9.17, 15) is 0 Å². The largest absolute Gasteiger partial charge is 0.495 e. The van der Waals surface area contributed by atoms with Gasteiger partial charge in [-0.3, -0.25) is 0 Å². The standard InChI is InChI=1S/C20H23ClN2O2S/c1-12-5-7-14-16(11-20(2,3)25-18(14)9-12)23-19(26)22-13-6-8-17(24-4)15(21)10-13/h5-10,16H,11H2,1-4H3,(H2,22,23,26)/t16-/m0/s1. The van der Waals surface area contributed by atoms with Crippen LogP contribution < -0.4 is 20.1 Å². The van der Waals surface area contributed by atoms with Crippen LogP contribution in [0.1, 0.15) is 37.4 Å². The van der Waals surface area contributed by atoms with Gasteiger partial charge in [-0.25, -0.2) is 0 Å². The summed E-state index contributed by atoms with van der Waals surface area (Å²) in [4.78, 5) is 0. The van der Waals surface area contributed by atoms with Crippen LogP contribution in [0.5, 0.6) is 11.5 Å². The molecule has 0 radical (unpaired) electrons. The monoisotopic (exact) mass is 390 g/mol. The number of hydrogen-bond acceptors (Lipinski definition) is 3. The number of ether oxygens (including phenoxy) is 2. The summed E-state index contributed by atoms with van der Waals surface area (Å²) < 4.78 is 11.3. The van der Waals surface area contributed by atoms with E-state index in [2.05, 4.69) is 49.6 Å². The fourth-order valence-corrected chi connectivity index (χ4v) is 3.67. The molecule has 1 atom stereocenters. The van der Waals surface area contributed by atoms with Gasteiger partial charge in [-0.15, -0.1) is 0 Å². The number of benzene rings is 2. The van der Waals surface area contributed by atoms with E-state index in [0.29, 0.717) is 15.9 Å². The molecule has 0 unspecified atom stereocenters. The van der Waals surface area contributed by atoms with Gasteiger partial charge in [0.25, 0.3) is 0 Å². The molecule has 1 aliphatic rings. The van der Waals surface area contributed by atoms with Crippen molar-refractivity contribution in [3.63, 3.8) is 0 Å². The number of thiocarbonyl (C=S) groups is 1. The lowest BCUT2D eigenvalue weighted by Gasteiger charge is -2.38. The Morgan fingerprint density at radius 3 is 2.73 bits per heavy atom. The Bertz CT molecular complexity index is 839. The first-order chi connectivity index (χ1) is 12.3. The molecule has 2 N–H and O–H groups in total. The summed E-state index contributed by atoms with van der Waals surface area (Å²) in [7, 11) is 1.59. The molecule has 1 heterocycles. The van der Waals surface area contributed by atoms with Crippen molar-refractivity contribution in [1.29, 1.82) is 0 Å². The molecular weight excluding hydrogens is 368 g/mol. The molecule has 2 aromatic carbocycles. The van der Waals surface area contributed by atoms with Crippen LogP contribution in [0, 0.1) is 6.92 Å². The zero-order valence-electron chi connectivity index (χ0n) is 15.4. The van der Waals surface area contributed by atoms with E-state index >= 15 is 0 Å². The molecule has 4 nitrogen and oxygen atoms in total. The van der Waals surface area contributed by atoms with E-state index in [1.807, 2.05) is 12.1 Å². The first kappa shape index (κ1) is 18.8. The molecule has 0 aromatic heterocycles. The molecule has 0 bridgehead atoms. The topological polar surface area (TPSA) is 42.5 Å². The molecule has 0 spiro atoms. The van der Waals surface area contributed by atoms with Crippen molar-refractivity contribution in [3.8, 4) is 11.5 Å². The number of fused-ring (bicyclic) bond motifs is 1. The highest BCUT2D eigenvalue weighted by Crippen LogP contribution is 2.40. The first-order valence-corrected chi connectivity index (χ1v) is 9.27. The summed E-state index contributed by atoms with van der Waals surface area (Å²) in [5, 5.41) is 7.68. The van der Waals surface area contributed by atoms with Crippen LogP contribution >= 0.6 is 23.8 Å². The molecule has 2 aromatic rings. The highest BCUT2D eigenvalue weighted by atomic mass is 35.5. The summed E-state index contributed by atoms with van der Waals surface area (Å²) in [6.07, 6.45) is 0.814. The molecule has 6 heteroatoms. The average molecular weight is 391 g/mol. The minimum absolute atomic E-state index is 0.0723. The van der Waals surface area contributed by atoms with E-state index in [1.165, 1.54) is 5.56 Å². The molecule has 0 saturated heterocycles. The smallest absolute Gasteiger partial charge is 0.171 e. The van der Waals surface area contributed by atoms with Crippen molar-refractivity contribution >= 4 is 34.6 Å². The summed E-state index contributed by atoms with van der Waals surface area (Å²) in [6.45, 7) is 6.24. The van der Waals surface area contributed by atoms with Crippen molar-refractivity contribution < 1.29 is 9.47 Å². The number of halogens is 1. The lowest BCUT2D eigenvalue weighted by Crippen LogP contribution is -2.42. The summed E-state index contributed by atoms with van der Waals surface area (Å²) >= 11 is 11.7. The Labute approximate surface area is 164 Å². The van der Waals surface area contributed by atoms with Crippen LogP contribution in [0.3, 0.4) is 0 Å². The minimum Gasteiger partial charge on any atom is -0.495 e. The van der Waals surface area contributed by atoms with E-state index in [-0.39, 0.29) is 11.6 Å². The molecule has 0 aliphatic carbocycles. The molecular formula is C20H23ClN2O2S. The van der Waals surface area contributed by atoms with E-state index in [4.69, 9.17) is 33.3 Å². The number of methoxy groups -OCH3 is 1. The molecule has 0 saturated carbocycles. The number of rotatable bonds is 3. The highest BCUT2D eigenvalue weighted by Gasteiger charge is 2.34. The number of hydrogen-bond donors (Lipinski definition) is 2. The lowest BCUT2D eigenvalue weighted by molar-refractivity contribution is 0.0696. The zero-order valence-corrected chi connectivity index (χ0v) is 16.9. The van der Waals surface area contributed by atoms with Crippen LogP contribution in [-0.2, 0) is 0 Å². The zero-order chi connectivity index (χ0) is 18.9. The van der Waals surface area contributed by atoms with Gasteiger partial charge in [0.05, 0.1) is 18.2 Å². The Kier molecular flexibility index (Phi) is 5.30. The van der Waals surface area contributed by atoms with Crippen LogP contribution in [0.2, 0.25) is 5.02 Å². The average Bonchev–Trinajstić information content (AvgIpc) is 2.53. The van der Waals surface area contributed by atoms with E-state index < -0.39 is 0 Å². The Morgan fingerprint density at radius 2 is 2.04 bits per heavy atom. The second-order valence-electron chi connectivity index (χ2n) is 7.11. The third kappa shape index (κ3) is 4.22. The van der Waals surface area contributed by atoms with Crippen molar-refractivity contribution in [3.05, 3.63) is 52.5 Å². The minimum atomic E-state index is -0.266.